The Morgan fingerprint density at radius 1 is 0.941 bits per heavy atom. The molecule has 2 aromatic rings. The maximum absolute atomic E-state index is 13.7. The molecule has 0 spiro atoms. The number of allylic oxidation sites excluding steroid dienone is 2. The molecule has 5 rings (SSSR count). The maximum Gasteiger partial charge on any atom is 0.325 e. The van der Waals surface area contributed by atoms with Gasteiger partial charge in [-0.3, -0.25) is 19.3 Å². The van der Waals surface area contributed by atoms with E-state index in [-0.39, 0.29) is 30.8 Å². The van der Waals surface area contributed by atoms with E-state index in [2.05, 4.69) is 10.6 Å². The molecule has 1 aliphatic heterocycles. The first-order valence-electron chi connectivity index (χ1n) is 11.4. The van der Waals surface area contributed by atoms with Crippen molar-refractivity contribution in [2.75, 3.05) is 13.1 Å². The molecule has 4 atom stereocenters. The standard InChI is InChI=1S/C26H25N3O5/c30-22(20-16-11-12-17(15-16)21(20)23(31)32)27-13-14-29-24(33)26(28-25(29)34,18-7-3-1-4-8-18)19-9-5-2-6-10-19/h1-12,16-17,20-21H,13-15H2,(H,27,30)(H,28,34)(H,31,32)/t16-,17+,20?,21?/m1/s1. The van der Waals surface area contributed by atoms with Crippen LogP contribution in [0.15, 0.2) is 72.8 Å². The molecule has 34 heavy (non-hydrogen) atoms. The number of nitrogens with one attached hydrogen (secondary N) is 2. The van der Waals surface area contributed by atoms with E-state index in [0.717, 1.165) is 4.90 Å². The normalized spacial score (nSPS) is 26.5. The summed E-state index contributed by atoms with van der Waals surface area (Å²) in [6, 6.07) is 17.6. The molecule has 0 radical (unpaired) electrons. The largest absolute Gasteiger partial charge is 0.481 e. The lowest BCUT2D eigenvalue weighted by atomic mass is 9.82. The first kappa shape index (κ1) is 21.9. The van der Waals surface area contributed by atoms with E-state index in [0.29, 0.717) is 17.5 Å². The van der Waals surface area contributed by atoms with E-state index in [1.165, 1.54) is 0 Å². The third-order valence-electron chi connectivity index (χ3n) is 7.20. The Bertz CT molecular complexity index is 1120. The van der Waals surface area contributed by atoms with Crippen LogP contribution in [0.1, 0.15) is 17.5 Å². The fourth-order valence-electron chi connectivity index (χ4n) is 5.64. The van der Waals surface area contributed by atoms with Crippen molar-refractivity contribution in [3.05, 3.63) is 83.9 Å². The molecule has 3 N–H and O–H groups in total. The van der Waals surface area contributed by atoms with Crippen LogP contribution in [0.3, 0.4) is 0 Å². The molecule has 2 aromatic carbocycles. The van der Waals surface area contributed by atoms with E-state index in [9.17, 15) is 24.3 Å². The fourth-order valence-corrected chi connectivity index (χ4v) is 5.64. The summed E-state index contributed by atoms with van der Waals surface area (Å²) >= 11 is 0. The molecule has 1 heterocycles. The van der Waals surface area contributed by atoms with Gasteiger partial charge in [0.25, 0.3) is 5.91 Å². The summed E-state index contributed by atoms with van der Waals surface area (Å²) in [5.41, 5.74) is -0.0683. The highest BCUT2D eigenvalue weighted by molar-refractivity contribution is 6.09. The van der Waals surface area contributed by atoms with Crippen LogP contribution in [-0.2, 0) is 19.9 Å². The van der Waals surface area contributed by atoms with Crippen LogP contribution in [0.5, 0.6) is 0 Å². The monoisotopic (exact) mass is 459 g/mol. The van der Waals surface area contributed by atoms with Crippen LogP contribution in [-0.4, -0.2) is 46.9 Å². The Hall–Kier alpha value is -3.94. The molecule has 3 aliphatic rings. The Kier molecular flexibility index (Phi) is 5.43. The number of carboxylic acid groups (broad SMARTS) is 1. The van der Waals surface area contributed by atoms with Crippen LogP contribution in [0.25, 0.3) is 0 Å². The number of benzene rings is 2. The molecule has 8 heteroatoms. The highest BCUT2D eigenvalue weighted by Crippen LogP contribution is 2.48. The second kappa shape index (κ2) is 8.44. The van der Waals surface area contributed by atoms with Gasteiger partial charge in [-0.15, -0.1) is 0 Å². The number of fused-ring (bicyclic) bond motifs is 2. The number of urea groups is 1. The van der Waals surface area contributed by atoms with Crippen LogP contribution < -0.4 is 10.6 Å². The quantitative estimate of drug-likeness (QED) is 0.433. The van der Waals surface area contributed by atoms with Crippen molar-refractivity contribution in [1.29, 1.82) is 0 Å². The van der Waals surface area contributed by atoms with Gasteiger partial charge in [-0.05, 0) is 29.4 Å². The van der Waals surface area contributed by atoms with Crippen molar-refractivity contribution in [2.24, 2.45) is 23.7 Å². The number of carbonyl (C=O) groups excluding carboxylic acids is 3. The van der Waals surface area contributed by atoms with E-state index < -0.39 is 35.3 Å². The summed E-state index contributed by atoms with van der Waals surface area (Å²) in [7, 11) is 0. The maximum atomic E-state index is 13.7. The minimum absolute atomic E-state index is 0.0216. The summed E-state index contributed by atoms with van der Waals surface area (Å²) in [5.74, 6) is -3.34. The van der Waals surface area contributed by atoms with Gasteiger partial charge in [-0.2, -0.15) is 0 Å². The number of hydrogen-bond donors (Lipinski definition) is 3. The molecule has 1 saturated heterocycles. The predicted molar refractivity (Wildman–Crippen MR) is 122 cm³/mol. The van der Waals surface area contributed by atoms with Gasteiger partial charge in [0.2, 0.25) is 5.91 Å². The number of nitrogens with zero attached hydrogens (tertiary/aromatic N) is 1. The number of carboxylic acids is 1. The van der Waals surface area contributed by atoms with E-state index >= 15 is 0 Å². The average molecular weight is 460 g/mol. The van der Waals surface area contributed by atoms with Crippen molar-refractivity contribution < 1.29 is 24.3 Å². The lowest BCUT2D eigenvalue weighted by molar-refractivity contribution is -0.147. The van der Waals surface area contributed by atoms with Gasteiger partial charge in [0.1, 0.15) is 0 Å². The van der Waals surface area contributed by atoms with Crippen molar-refractivity contribution in [2.45, 2.75) is 12.0 Å². The lowest BCUT2D eigenvalue weighted by Gasteiger charge is -2.28. The van der Waals surface area contributed by atoms with Crippen LogP contribution in [0.2, 0.25) is 0 Å². The highest BCUT2D eigenvalue weighted by atomic mass is 16.4. The van der Waals surface area contributed by atoms with E-state index in [1.807, 2.05) is 48.6 Å². The van der Waals surface area contributed by atoms with Crippen LogP contribution in [0.4, 0.5) is 4.79 Å². The molecule has 4 amide bonds. The molecular formula is C26H25N3O5. The molecule has 2 unspecified atom stereocenters. The zero-order chi connectivity index (χ0) is 23.9. The molecule has 2 aliphatic carbocycles. The van der Waals surface area contributed by atoms with Gasteiger partial charge >= 0.3 is 12.0 Å². The van der Waals surface area contributed by atoms with Crippen LogP contribution >= 0.6 is 0 Å². The van der Waals surface area contributed by atoms with Gasteiger partial charge in [-0.1, -0.05) is 72.8 Å². The minimum atomic E-state index is -1.35. The summed E-state index contributed by atoms with van der Waals surface area (Å²) in [6.07, 6.45) is 4.46. The molecular weight excluding hydrogens is 434 g/mol. The molecule has 0 aromatic heterocycles. The third kappa shape index (κ3) is 3.37. The number of rotatable bonds is 7. The number of carbonyl (C=O) groups is 4. The second-order valence-corrected chi connectivity index (χ2v) is 9.00. The number of amides is 4. The summed E-state index contributed by atoms with van der Waals surface area (Å²) in [4.78, 5) is 52.2. The number of hydrogen-bond acceptors (Lipinski definition) is 4. The van der Waals surface area contributed by atoms with E-state index in [4.69, 9.17) is 0 Å². The van der Waals surface area contributed by atoms with Crippen molar-refractivity contribution in [3.63, 3.8) is 0 Å². The molecule has 8 nitrogen and oxygen atoms in total. The van der Waals surface area contributed by atoms with E-state index in [1.54, 1.807) is 24.3 Å². The number of aliphatic carboxylic acids is 1. The molecule has 1 saturated carbocycles. The Balaban J connectivity index is 1.32. The minimum Gasteiger partial charge on any atom is -0.481 e. The smallest absolute Gasteiger partial charge is 0.325 e. The Morgan fingerprint density at radius 2 is 1.50 bits per heavy atom. The molecule has 174 valence electrons. The predicted octanol–water partition coefficient (Wildman–Crippen LogP) is 2.12. The third-order valence-corrected chi connectivity index (χ3v) is 7.20. The lowest BCUT2D eigenvalue weighted by Crippen LogP contribution is -2.46. The first-order valence-corrected chi connectivity index (χ1v) is 11.4. The average Bonchev–Trinajstić information content (AvgIpc) is 3.54. The van der Waals surface area contributed by atoms with Gasteiger partial charge in [0.05, 0.1) is 11.8 Å². The zero-order valence-electron chi connectivity index (χ0n) is 18.4. The Labute approximate surface area is 196 Å². The SMILES string of the molecule is O=C(NCCN1C(=O)NC(c2ccccc2)(c2ccccc2)C1=O)C1C(C(=O)O)[C@H]2C=C[C@@H]1C2. The summed E-state index contributed by atoms with van der Waals surface area (Å²) in [6.45, 7) is 0.0216. The molecule has 2 fully saturated rings. The van der Waals surface area contributed by atoms with Gasteiger partial charge in [0.15, 0.2) is 5.54 Å². The van der Waals surface area contributed by atoms with Crippen molar-refractivity contribution in [1.82, 2.24) is 15.5 Å². The number of imide groups is 1. The summed E-state index contributed by atoms with van der Waals surface area (Å²) < 4.78 is 0. The van der Waals surface area contributed by atoms with Crippen molar-refractivity contribution in [3.8, 4) is 0 Å². The van der Waals surface area contributed by atoms with Gasteiger partial charge in [-0.25, -0.2) is 4.79 Å². The van der Waals surface area contributed by atoms with Crippen LogP contribution in [0, 0.1) is 23.7 Å². The zero-order valence-corrected chi connectivity index (χ0v) is 18.4. The van der Waals surface area contributed by atoms with Gasteiger partial charge in [0, 0.05) is 13.1 Å². The van der Waals surface area contributed by atoms with Gasteiger partial charge < -0.3 is 15.7 Å². The summed E-state index contributed by atoms with van der Waals surface area (Å²) in [5, 5.41) is 15.2. The second-order valence-electron chi connectivity index (χ2n) is 9.00. The first-order chi connectivity index (χ1) is 16.4. The highest BCUT2D eigenvalue weighted by Gasteiger charge is 2.54. The topological polar surface area (TPSA) is 116 Å². The Morgan fingerprint density at radius 3 is 2.06 bits per heavy atom. The fraction of sp³-hybridized carbons (Fsp3) is 0.308. The molecule has 2 bridgehead atoms. The van der Waals surface area contributed by atoms with Crippen molar-refractivity contribution >= 4 is 23.8 Å².